The number of nitrogens with one attached hydrogen (secondary N) is 1. The van der Waals surface area contributed by atoms with Gasteiger partial charge in [0.1, 0.15) is 12.0 Å². The van der Waals surface area contributed by atoms with Gasteiger partial charge in [0, 0.05) is 11.6 Å². The first-order valence-electron chi connectivity index (χ1n) is 6.05. The topological polar surface area (TPSA) is 68.1 Å². The second-order valence-electron chi connectivity index (χ2n) is 4.91. The van der Waals surface area contributed by atoms with Gasteiger partial charge in [-0.2, -0.15) is 0 Å². The Labute approximate surface area is 114 Å². The van der Waals surface area contributed by atoms with Gasteiger partial charge in [0.25, 0.3) is 5.69 Å². The van der Waals surface area contributed by atoms with Gasteiger partial charge >= 0.3 is 0 Å². The molecule has 0 spiro atoms. The second kappa shape index (κ2) is 5.22. The highest BCUT2D eigenvalue weighted by Crippen LogP contribution is 2.35. The minimum Gasteiger partial charge on any atom is -0.367 e. The van der Waals surface area contributed by atoms with Gasteiger partial charge < -0.3 is 5.32 Å². The number of nitrogens with zero attached hydrogens (tertiary/aromatic N) is 2. The minimum absolute atomic E-state index is 0.0438. The van der Waals surface area contributed by atoms with Gasteiger partial charge in [0.05, 0.1) is 9.40 Å². The van der Waals surface area contributed by atoms with Crippen LogP contribution < -0.4 is 5.32 Å². The van der Waals surface area contributed by atoms with E-state index < -0.39 is 4.92 Å². The zero-order valence-electron chi connectivity index (χ0n) is 10.4. The summed E-state index contributed by atoms with van der Waals surface area (Å²) >= 11 is 3.38. The Morgan fingerprint density at radius 3 is 2.89 bits per heavy atom. The number of halogens is 1. The standard InChI is InChI=1S/C12H16BrN3O2/c1-7(5-9-3-4-9)15-12-11(13)8(2)10(6-14-12)16(17)18/h6-7,9H,3-5H2,1-2H3,(H,14,15). The fraction of sp³-hybridized carbons (Fsp3) is 0.583. The fourth-order valence-corrected chi connectivity index (χ4v) is 2.42. The molecule has 5 nitrogen and oxygen atoms in total. The van der Waals surface area contributed by atoms with Crippen LogP contribution in [0.3, 0.4) is 0 Å². The van der Waals surface area contributed by atoms with Gasteiger partial charge in [-0.3, -0.25) is 10.1 Å². The molecule has 1 saturated carbocycles. The molecule has 0 radical (unpaired) electrons. The summed E-state index contributed by atoms with van der Waals surface area (Å²) in [6.07, 6.45) is 5.08. The summed E-state index contributed by atoms with van der Waals surface area (Å²) in [5, 5.41) is 14.1. The smallest absolute Gasteiger partial charge is 0.291 e. The van der Waals surface area contributed by atoms with Crippen molar-refractivity contribution in [2.45, 2.75) is 39.2 Å². The predicted octanol–water partition coefficient (Wildman–Crippen LogP) is 3.66. The third kappa shape index (κ3) is 2.98. The van der Waals surface area contributed by atoms with E-state index in [1.807, 2.05) is 0 Å². The molecule has 98 valence electrons. The number of aromatic nitrogens is 1. The molecule has 1 aliphatic rings. The summed E-state index contributed by atoms with van der Waals surface area (Å²) in [6.45, 7) is 3.84. The van der Waals surface area contributed by atoms with E-state index >= 15 is 0 Å². The molecule has 1 aliphatic carbocycles. The summed E-state index contributed by atoms with van der Waals surface area (Å²) in [5.41, 5.74) is 0.651. The molecule has 0 aromatic carbocycles. The molecule has 18 heavy (non-hydrogen) atoms. The Hall–Kier alpha value is -1.17. The van der Waals surface area contributed by atoms with Crippen LogP contribution in [-0.2, 0) is 0 Å². The third-order valence-corrected chi connectivity index (χ3v) is 4.17. The monoisotopic (exact) mass is 313 g/mol. The summed E-state index contributed by atoms with van der Waals surface area (Å²) < 4.78 is 0.680. The van der Waals surface area contributed by atoms with Crippen LogP contribution in [-0.4, -0.2) is 15.9 Å². The highest BCUT2D eigenvalue weighted by atomic mass is 79.9. The molecule has 1 N–H and O–H groups in total. The van der Waals surface area contributed by atoms with Crippen LogP contribution in [0.4, 0.5) is 11.5 Å². The summed E-state index contributed by atoms with van der Waals surface area (Å²) in [5.74, 6) is 1.52. The van der Waals surface area contributed by atoms with Gasteiger partial charge in [0.2, 0.25) is 0 Å². The Morgan fingerprint density at radius 2 is 2.33 bits per heavy atom. The number of pyridine rings is 1. The number of anilines is 1. The van der Waals surface area contributed by atoms with E-state index in [0.29, 0.717) is 21.9 Å². The van der Waals surface area contributed by atoms with Crippen LogP contribution in [0, 0.1) is 23.0 Å². The third-order valence-electron chi connectivity index (χ3n) is 3.20. The first-order valence-corrected chi connectivity index (χ1v) is 6.84. The van der Waals surface area contributed by atoms with Gasteiger partial charge in [-0.05, 0) is 42.1 Å². The van der Waals surface area contributed by atoms with Crippen molar-refractivity contribution in [1.29, 1.82) is 0 Å². The average molecular weight is 314 g/mol. The largest absolute Gasteiger partial charge is 0.367 e. The minimum atomic E-state index is -0.412. The van der Waals surface area contributed by atoms with Crippen molar-refractivity contribution < 1.29 is 4.92 Å². The molecule has 1 unspecified atom stereocenters. The van der Waals surface area contributed by atoms with E-state index in [0.717, 1.165) is 12.3 Å². The van der Waals surface area contributed by atoms with Crippen LogP contribution in [0.15, 0.2) is 10.7 Å². The number of rotatable bonds is 5. The van der Waals surface area contributed by atoms with Crippen LogP contribution in [0.2, 0.25) is 0 Å². The van der Waals surface area contributed by atoms with E-state index in [4.69, 9.17) is 0 Å². The quantitative estimate of drug-likeness (QED) is 0.665. The van der Waals surface area contributed by atoms with Crippen molar-refractivity contribution in [2.24, 2.45) is 5.92 Å². The lowest BCUT2D eigenvalue weighted by Crippen LogP contribution is -2.17. The van der Waals surface area contributed by atoms with E-state index in [2.05, 4.69) is 33.2 Å². The molecule has 0 bridgehead atoms. The van der Waals surface area contributed by atoms with Crippen LogP contribution in [0.5, 0.6) is 0 Å². The Balaban J connectivity index is 2.13. The van der Waals surface area contributed by atoms with Crippen LogP contribution >= 0.6 is 15.9 Å². The number of hydrogen-bond donors (Lipinski definition) is 1. The predicted molar refractivity (Wildman–Crippen MR) is 73.8 cm³/mol. The molecule has 1 heterocycles. The molecule has 2 rings (SSSR count). The highest BCUT2D eigenvalue weighted by molar-refractivity contribution is 9.10. The molecule has 1 atom stereocenters. The molecular formula is C12H16BrN3O2. The SMILES string of the molecule is Cc1c([N+](=O)[O-])cnc(NC(C)CC2CC2)c1Br. The van der Waals surface area contributed by atoms with Gasteiger partial charge in [0.15, 0.2) is 0 Å². The molecule has 1 fully saturated rings. The van der Waals surface area contributed by atoms with Crippen LogP contribution in [0.25, 0.3) is 0 Å². The van der Waals surface area contributed by atoms with E-state index in [9.17, 15) is 10.1 Å². The molecule has 0 saturated heterocycles. The summed E-state index contributed by atoms with van der Waals surface area (Å²) in [6, 6.07) is 0.335. The first-order chi connectivity index (χ1) is 8.49. The van der Waals surface area contributed by atoms with Crippen molar-refractivity contribution >= 4 is 27.4 Å². The van der Waals surface area contributed by atoms with Crippen LogP contribution in [0.1, 0.15) is 31.7 Å². The lowest BCUT2D eigenvalue weighted by molar-refractivity contribution is -0.385. The maximum absolute atomic E-state index is 10.8. The highest BCUT2D eigenvalue weighted by Gasteiger charge is 2.24. The maximum atomic E-state index is 10.8. The Bertz CT molecular complexity index is 475. The van der Waals surface area contributed by atoms with Crippen molar-refractivity contribution in [2.75, 3.05) is 5.32 Å². The van der Waals surface area contributed by atoms with E-state index in [1.165, 1.54) is 19.0 Å². The van der Waals surface area contributed by atoms with Crippen molar-refractivity contribution in [1.82, 2.24) is 4.98 Å². The Morgan fingerprint density at radius 1 is 1.67 bits per heavy atom. The normalized spacial score (nSPS) is 16.4. The van der Waals surface area contributed by atoms with Crippen molar-refractivity contribution in [3.05, 3.63) is 26.3 Å². The lowest BCUT2D eigenvalue weighted by atomic mass is 10.1. The first kappa shape index (κ1) is 13.3. The molecular weight excluding hydrogens is 298 g/mol. The van der Waals surface area contributed by atoms with Crippen molar-refractivity contribution in [3.8, 4) is 0 Å². The summed E-state index contributed by atoms with van der Waals surface area (Å²) in [7, 11) is 0. The van der Waals surface area contributed by atoms with E-state index in [-0.39, 0.29) is 5.69 Å². The molecule has 0 amide bonds. The molecule has 0 aliphatic heterocycles. The lowest BCUT2D eigenvalue weighted by Gasteiger charge is -2.15. The second-order valence-corrected chi connectivity index (χ2v) is 5.71. The number of hydrogen-bond acceptors (Lipinski definition) is 4. The fourth-order valence-electron chi connectivity index (χ4n) is 2.00. The zero-order valence-corrected chi connectivity index (χ0v) is 12.0. The molecule has 1 aromatic rings. The van der Waals surface area contributed by atoms with Crippen molar-refractivity contribution in [3.63, 3.8) is 0 Å². The average Bonchev–Trinajstić information content (AvgIpc) is 3.08. The number of nitro groups is 1. The zero-order chi connectivity index (χ0) is 13.3. The van der Waals surface area contributed by atoms with Gasteiger partial charge in [-0.15, -0.1) is 0 Å². The maximum Gasteiger partial charge on any atom is 0.291 e. The van der Waals surface area contributed by atoms with E-state index in [1.54, 1.807) is 6.92 Å². The summed E-state index contributed by atoms with van der Waals surface area (Å²) in [4.78, 5) is 14.5. The Kier molecular flexibility index (Phi) is 3.85. The van der Waals surface area contributed by atoms with Gasteiger partial charge in [-0.1, -0.05) is 12.8 Å². The van der Waals surface area contributed by atoms with Gasteiger partial charge in [-0.25, -0.2) is 4.98 Å². The molecule has 6 heteroatoms. The molecule has 1 aromatic heterocycles.